The minimum Gasteiger partial charge on any atom is -0.337 e. The number of nitrogens with one attached hydrogen (secondary N) is 1. The summed E-state index contributed by atoms with van der Waals surface area (Å²) in [6.07, 6.45) is -4.97. The van der Waals surface area contributed by atoms with Crippen LogP contribution in [0.1, 0.15) is 30.2 Å². The molecule has 0 radical (unpaired) electrons. The Labute approximate surface area is 179 Å². The highest BCUT2D eigenvalue weighted by molar-refractivity contribution is 5.92. The highest BCUT2D eigenvalue weighted by atomic mass is 19.4. The third kappa shape index (κ3) is 4.63. The van der Waals surface area contributed by atoms with E-state index in [1.807, 2.05) is 30.3 Å². The summed E-state index contributed by atoms with van der Waals surface area (Å²) < 4.78 is 44.4. The van der Waals surface area contributed by atoms with E-state index in [1.54, 1.807) is 6.92 Å². The van der Waals surface area contributed by atoms with Gasteiger partial charge in [0.2, 0.25) is 11.7 Å². The molecule has 2 aromatic carbocycles. The van der Waals surface area contributed by atoms with Crippen molar-refractivity contribution in [2.75, 3.05) is 5.32 Å². The lowest BCUT2D eigenvalue weighted by molar-refractivity contribution is -0.137. The number of carbonyl (C=O) groups is 1. The summed E-state index contributed by atoms with van der Waals surface area (Å²) in [4.78, 5) is 17.7. The van der Waals surface area contributed by atoms with Crippen LogP contribution in [0, 0.1) is 0 Å². The number of hydrogen-bond acceptors (Lipinski definition) is 7. The van der Waals surface area contributed by atoms with Gasteiger partial charge in [-0.25, -0.2) is 0 Å². The van der Waals surface area contributed by atoms with Gasteiger partial charge in [0.25, 0.3) is 5.89 Å². The van der Waals surface area contributed by atoms with Crippen molar-refractivity contribution < 1.29 is 22.5 Å². The number of alkyl halides is 3. The average molecular weight is 443 g/mol. The molecule has 4 aromatic rings. The minimum absolute atomic E-state index is 0.0113. The lowest BCUT2D eigenvalue weighted by Crippen LogP contribution is -2.19. The summed E-state index contributed by atoms with van der Waals surface area (Å²) in [5, 5.41) is 18.2. The lowest BCUT2D eigenvalue weighted by Gasteiger charge is -2.12. The Morgan fingerprint density at radius 1 is 1.12 bits per heavy atom. The van der Waals surface area contributed by atoms with Crippen molar-refractivity contribution in [3.8, 4) is 11.4 Å². The fraction of sp³-hybridized carbons (Fsp3) is 0.200. The van der Waals surface area contributed by atoms with E-state index in [-0.39, 0.29) is 23.8 Å². The zero-order valence-electron chi connectivity index (χ0n) is 16.6. The molecule has 12 heteroatoms. The molecule has 0 fully saturated rings. The maximum Gasteiger partial charge on any atom is 0.418 e. The molecule has 9 nitrogen and oxygen atoms in total. The van der Waals surface area contributed by atoms with E-state index in [0.717, 1.165) is 11.6 Å². The van der Waals surface area contributed by atoms with Gasteiger partial charge in [0.15, 0.2) is 5.82 Å². The van der Waals surface area contributed by atoms with E-state index < -0.39 is 23.7 Å². The molecule has 0 aliphatic carbocycles. The molecule has 0 aliphatic heterocycles. The second-order valence-electron chi connectivity index (χ2n) is 6.79. The number of nitrogens with zero attached hydrogens (tertiary/aromatic N) is 6. The molecule has 0 bridgehead atoms. The molecule has 4 rings (SSSR count). The summed E-state index contributed by atoms with van der Waals surface area (Å²) in [7, 11) is 0. The Bertz CT molecular complexity index is 1220. The van der Waals surface area contributed by atoms with Crippen LogP contribution < -0.4 is 5.32 Å². The zero-order valence-corrected chi connectivity index (χ0v) is 16.6. The van der Waals surface area contributed by atoms with Gasteiger partial charge in [0.1, 0.15) is 6.04 Å². The predicted molar refractivity (Wildman–Crippen MR) is 105 cm³/mol. The third-order valence-corrected chi connectivity index (χ3v) is 4.47. The number of benzene rings is 2. The molecule has 2 heterocycles. The first-order valence-corrected chi connectivity index (χ1v) is 9.45. The first-order chi connectivity index (χ1) is 15.3. The second kappa shape index (κ2) is 8.57. The first-order valence-electron chi connectivity index (χ1n) is 9.45. The Kier molecular flexibility index (Phi) is 5.67. The smallest absolute Gasteiger partial charge is 0.337 e. The Balaban J connectivity index is 1.43. The molecule has 0 spiro atoms. The van der Waals surface area contributed by atoms with Crippen molar-refractivity contribution in [1.29, 1.82) is 0 Å². The molecule has 32 heavy (non-hydrogen) atoms. The van der Waals surface area contributed by atoms with Crippen LogP contribution in [0.5, 0.6) is 0 Å². The molecule has 1 atom stereocenters. The number of anilines is 1. The number of halogens is 3. The van der Waals surface area contributed by atoms with E-state index in [9.17, 15) is 18.0 Å². The van der Waals surface area contributed by atoms with Crippen LogP contribution in [0.15, 0.2) is 59.1 Å². The highest BCUT2D eigenvalue weighted by Crippen LogP contribution is 2.34. The van der Waals surface area contributed by atoms with Crippen molar-refractivity contribution >= 4 is 11.6 Å². The van der Waals surface area contributed by atoms with Crippen molar-refractivity contribution in [3.05, 3.63) is 71.9 Å². The first kappa shape index (κ1) is 21.2. The fourth-order valence-corrected chi connectivity index (χ4v) is 2.88. The van der Waals surface area contributed by atoms with Crippen molar-refractivity contribution in [2.45, 2.75) is 25.6 Å². The van der Waals surface area contributed by atoms with Gasteiger partial charge in [-0.15, -0.1) is 10.2 Å². The number of amides is 1. The third-order valence-electron chi connectivity index (χ3n) is 4.47. The van der Waals surface area contributed by atoms with E-state index in [2.05, 4.69) is 30.9 Å². The van der Waals surface area contributed by atoms with Gasteiger partial charge < -0.3 is 9.84 Å². The summed E-state index contributed by atoms with van der Waals surface area (Å²) in [6.45, 7) is 1.70. The van der Waals surface area contributed by atoms with Crippen LogP contribution in [-0.2, 0) is 17.4 Å². The molecule has 1 unspecified atom stereocenters. The summed E-state index contributed by atoms with van der Waals surface area (Å²) >= 11 is 0. The molecule has 1 amide bonds. The van der Waals surface area contributed by atoms with Crippen LogP contribution in [0.2, 0.25) is 0 Å². The normalized spacial score (nSPS) is 12.5. The van der Waals surface area contributed by atoms with E-state index in [0.29, 0.717) is 5.82 Å². The summed E-state index contributed by atoms with van der Waals surface area (Å²) in [6, 6.07) is 13.4. The van der Waals surface area contributed by atoms with Gasteiger partial charge in [-0.3, -0.25) is 4.79 Å². The van der Waals surface area contributed by atoms with Crippen LogP contribution in [0.3, 0.4) is 0 Å². The monoisotopic (exact) mass is 443 g/mol. The van der Waals surface area contributed by atoms with Crippen LogP contribution in [-0.4, -0.2) is 36.3 Å². The Morgan fingerprint density at radius 2 is 1.84 bits per heavy atom. The molecule has 2 aromatic heterocycles. The van der Waals surface area contributed by atoms with E-state index in [4.69, 9.17) is 4.52 Å². The number of hydrogen-bond donors (Lipinski definition) is 1. The number of carbonyl (C=O) groups excluding carboxylic acids is 1. The largest absolute Gasteiger partial charge is 0.418 e. The number of aromatic nitrogens is 6. The van der Waals surface area contributed by atoms with E-state index in [1.165, 1.54) is 23.0 Å². The number of tetrazole rings is 1. The van der Waals surface area contributed by atoms with E-state index >= 15 is 0 Å². The lowest BCUT2D eigenvalue weighted by atomic mass is 10.1. The van der Waals surface area contributed by atoms with Crippen molar-refractivity contribution in [1.82, 2.24) is 30.3 Å². The summed E-state index contributed by atoms with van der Waals surface area (Å²) in [5.74, 6) is -0.162. The molecule has 0 saturated heterocycles. The average Bonchev–Trinajstić information content (AvgIpc) is 3.43. The van der Waals surface area contributed by atoms with Gasteiger partial charge in [-0.05, 0) is 24.3 Å². The SMILES string of the molecule is CC(c1nc(CC(=O)Nc2ccccc2C(F)(F)F)no1)n1nnc(-c2ccccc2)n1. The Hall–Kier alpha value is -4.09. The maximum absolute atomic E-state index is 13.1. The van der Waals surface area contributed by atoms with Crippen LogP contribution in [0.4, 0.5) is 18.9 Å². The topological polar surface area (TPSA) is 112 Å². The molecule has 1 N–H and O–H groups in total. The molecular formula is C20H16F3N7O2. The minimum atomic E-state index is -4.60. The second-order valence-corrected chi connectivity index (χ2v) is 6.79. The number of para-hydroxylation sites is 1. The quantitative estimate of drug-likeness (QED) is 0.485. The molecule has 164 valence electrons. The van der Waals surface area contributed by atoms with Crippen molar-refractivity contribution in [2.24, 2.45) is 0 Å². The fourth-order valence-electron chi connectivity index (χ4n) is 2.88. The van der Waals surface area contributed by atoms with Gasteiger partial charge in [-0.1, -0.05) is 47.6 Å². The van der Waals surface area contributed by atoms with Crippen molar-refractivity contribution in [3.63, 3.8) is 0 Å². The van der Waals surface area contributed by atoms with Gasteiger partial charge in [0.05, 0.1) is 17.7 Å². The molecule has 0 saturated carbocycles. The standard InChI is InChI=1S/C20H16F3N7O2/c1-12(30-27-18(26-29-30)13-7-3-2-4-8-13)19-25-16(28-32-19)11-17(31)24-15-10-6-5-9-14(15)20(21,22)23/h2-10,12H,11H2,1H3,(H,24,31). The number of rotatable bonds is 6. The predicted octanol–water partition coefficient (Wildman–Crippen LogP) is 3.53. The molecular weight excluding hydrogens is 427 g/mol. The van der Waals surface area contributed by atoms with Crippen LogP contribution >= 0.6 is 0 Å². The highest BCUT2D eigenvalue weighted by Gasteiger charge is 2.33. The zero-order chi connectivity index (χ0) is 22.7. The van der Waals surface area contributed by atoms with Gasteiger partial charge >= 0.3 is 6.18 Å². The molecule has 0 aliphatic rings. The van der Waals surface area contributed by atoms with Crippen LogP contribution in [0.25, 0.3) is 11.4 Å². The van der Waals surface area contributed by atoms with Gasteiger partial charge in [-0.2, -0.15) is 23.0 Å². The van der Waals surface area contributed by atoms with Gasteiger partial charge in [0, 0.05) is 5.56 Å². The Morgan fingerprint density at radius 3 is 2.59 bits per heavy atom. The summed E-state index contributed by atoms with van der Waals surface area (Å²) in [5.41, 5.74) is -0.502. The maximum atomic E-state index is 13.1.